The number of aromatic hydroxyl groups is 2. The number of nitrogens with zero attached hydrogens (tertiary/aromatic N) is 2. The van der Waals surface area contributed by atoms with E-state index in [1.165, 1.54) is 103 Å². The Kier molecular flexibility index (Phi) is 39.1. The molecule has 3 aromatic carbocycles. The van der Waals surface area contributed by atoms with E-state index >= 15 is 0 Å². The summed E-state index contributed by atoms with van der Waals surface area (Å²) < 4.78 is 30.4. The third kappa shape index (κ3) is 31.9. The molecular formula is C68H110N4O8U. The van der Waals surface area contributed by atoms with Crippen LogP contribution in [0.2, 0.25) is 0 Å². The van der Waals surface area contributed by atoms with E-state index in [4.69, 9.17) is 23.9 Å². The summed E-state index contributed by atoms with van der Waals surface area (Å²) in [6, 6.07) is 11.3. The molecule has 0 aliphatic carbocycles. The number of unbranched alkanes of at least 4 members (excludes halogenated alkanes) is 26. The van der Waals surface area contributed by atoms with Crippen molar-refractivity contribution < 1.29 is 61.6 Å². The van der Waals surface area contributed by atoms with Gasteiger partial charge in [-0.3, -0.25) is 19.6 Å². The number of anilines is 2. The topological polar surface area (TPSA) is 176 Å². The number of carbonyl (C=O) groups is 2. The molecular weight excluding hydrogens is 1240 g/mol. The fraction of sp³-hybridized carbons (Fsp3) is 0.676. The zero-order valence-corrected chi connectivity index (χ0v) is 56.6. The molecule has 0 unspecified atom stereocenters. The SMILES string of the molecule is CCCCCCCCCCCCOc1cc(N=Cc2cc(C(C)(C)C)cc(NC(=O)CCCCCCC)c2O)c(N=Cc2cc(C(C)(C)C)cc(NC(=O)CCCCCCC)c2O)cc1OCCCCCCCCCCCC.[O]=[U]=[O]. The minimum absolute atomic E-state index is 0.0653. The second-order valence-corrected chi connectivity index (χ2v) is 25.0. The van der Waals surface area contributed by atoms with Gasteiger partial charge >= 0.3 is 32.3 Å². The van der Waals surface area contributed by atoms with Crippen molar-refractivity contribution in [1.29, 1.82) is 0 Å². The van der Waals surface area contributed by atoms with Crippen molar-refractivity contribution >= 4 is 47.0 Å². The molecule has 0 aliphatic heterocycles. The summed E-state index contributed by atoms with van der Waals surface area (Å²) in [5.41, 5.74) is 3.81. The van der Waals surface area contributed by atoms with E-state index in [1.54, 1.807) is 12.4 Å². The van der Waals surface area contributed by atoms with E-state index in [2.05, 4.69) is 79.9 Å². The van der Waals surface area contributed by atoms with Crippen LogP contribution in [0.4, 0.5) is 22.7 Å². The van der Waals surface area contributed by atoms with Crippen molar-refractivity contribution in [3.8, 4) is 23.0 Å². The monoisotopic (exact) mass is 1350 g/mol. The Morgan fingerprint density at radius 3 is 1.00 bits per heavy atom. The summed E-state index contributed by atoms with van der Waals surface area (Å²) in [7, 11) is 0. The second-order valence-electron chi connectivity index (χ2n) is 24.3. The molecule has 454 valence electrons. The maximum absolute atomic E-state index is 13.3. The molecule has 13 heteroatoms. The van der Waals surface area contributed by atoms with E-state index in [9.17, 15) is 19.8 Å². The summed E-state index contributed by atoms with van der Waals surface area (Å²) in [4.78, 5) is 36.7. The van der Waals surface area contributed by atoms with Crippen LogP contribution in [-0.2, 0) is 24.9 Å². The molecule has 3 aromatic rings. The Labute approximate surface area is 506 Å². The summed E-state index contributed by atoms with van der Waals surface area (Å²) in [6.07, 6.45) is 38.8. The number of benzene rings is 3. The van der Waals surface area contributed by atoms with Crippen LogP contribution in [0, 0.1) is 27.8 Å². The Balaban J connectivity index is 0.00000730. The van der Waals surface area contributed by atoms with Gasteiger partial charge in [0.15, 0.2) is 11.5 Å². The van der Waals surface area contributed by atoms with E-state index < -0.39 is 27.8 Å². The van der Waals surface area contributed by atoms with Crippen molar-refractivity contribution in [2.45, 2.75) is 286 Å². The summed E-state index contributed by atoms with van der Waals surface area (Å²) in [5.74, 6) is 0.749. The first-order chi connectivity index (χ1) is 38.9. The first kappa shape index (κ1) is 72.9. The normalized spacial score (nSPS) is 11.7. The predicted octanol–water partition coefficient (Wildman–Crippen LogP) is 20.2. The second kappa shape index (κ2) is 43.4. The molecule has 0 atom stereocenters. The van der Waals surface area contributed by atoms with Crippen LogP contribution in [0.5, 0.6) is 23.0 Å². The number of ether oxygens (including phenoxy) is 2. The quantitative estimate of drug-likeness (QED) is 0.0246. The first-order valence-electron chi connectivity index (χ1n) is 31.8. The van der Waals surface area contributed by atoms with Crippen molar-refractivity contribution in [3.63, 3.8) is 0 Å². The molecule has 3 rings (SSSR count). The number of amides is 2. The molecule has 0 saturated heterocycles. The standard InChI is InChI=1S/C68H110N4O6.2O.U/c1-11-15-19-23-25-27-29-31-35-39-43-77-61-49-57(69-51-53-45-55(67(5,6)7)47-59(65(53)75)71-63(73)41-37-33-21-17-13-3)58(50-62(61)78-44-40-36-32-30-28-26-24-20-16-12-2)70-52-54-46-56(68(8,9)10)48-60(66(54)76)72-64(74)42-38-34-22-18-14-4;;;/h45-52,75-76H,11-44H2,1-10H3,(H,71,73)(H,72,74);;;. The number of carbonyl (C=O) groups excluding carboxylic acids is 2. The number of phenols is 2. The summed E-state index contributed by atoms with van der Waals surface area (Å²) >= 11 is -2.51. The van der Waals surface area contributed by atoms with E-state index in [1.807, 2.05) is 36.4 Å². The minimum atomic E-state index is -2.51. The molecule has 0 bridgehead atoms. The van der Waals surface area contributed by atoms with Crippen molar-refractivity contribution in [2.75, 3.05) is 23.8 Å². The van der Waals surface area contributed by atoms with Gasteiger partial charge in [-0.05, 0) is 71.9 Å². The Bertz CT molecular complexity index is 2170. The molecule has 0 aliphatic rings. The third-order valence-corrected chi connectivity index (χ3v) is 14.8. The molecule has 12 nitrogen and oxygen atoms in total. The number of hydrogen-bond donors (Lipinski definition) is 4. The van der Waals surface area contributed by atoms with Gasteiger partial charge in [-0.15, -0.1) is 0 Å². The van der Waals surface area contributed by atoms with Crippen molar-refractivity contribution in [1.82, 2.24) is 0 Å². The number of hydrogen-bond acceptors (Lipinski definition) is 10. The molecule has 0 aromatic heterocycles. The van der Waals surface area contributed by atoms with Crippen LogP contribution in [0.25, 0.3) is 0 Å². The zero-order chi connectivity index (χ0) is 59.7. The van der Waals surface area contributed by atoms with Gasteiger partial charge in [-0.25, -0.2) is 0 Å². The van der Waals surface area contributed by atoms with Crippen molar-refractivity contribution in [3.05, 3.63) is 58.7 Å². The van der Waals surface area contributed by atoms with Crippen LogP contribution >= 0.6 is 0 Å². The first-order valence-corrected chi connectivity index (χ1v) is 35.2. The molecule has 0 saturated carbocycles. The molecule has 4 N–H and O–H groups in total. The van der Waals surface area contributed by atoms with Crippen LogP contribution in [0.1, 0.15) is 297 Å². The number of rotatable bonds is 42. The van der Waals surface area contributed by atoms with Gasteiger partial charge in [-0.2, -0.15) is 0 Å². The van der Waals surface area contributed by atoms with Gasteiger partial charge in [0.2, 0.25) is 11.8 Å². The van der Waals surface area contributed by atoms with Crippen molar-refractivity contribution in [2.24, 2.45) is 9.98 Å². The van der Waals surface area contributed by atoms with Gasteiger partial charge < -0.3 is 30.3 Å². The third-order valence-electron chi connectivity index (χ3n) is 14.8. The van der Waals surface area contributed by atoms with E-state index in [-0.39, 0.29) is 34.1 Å². The molecule has 0 fully saturated rings. The van der Waals surface area contributed by atoms with Gasteiger partial charge in [0.05, 0.1) is 36.0 Å². The van der Waals surface area contributed by atoms with Crippen LogP contribution < -0.4 is 20.1 Å². The molecule has 2 amide bonds. The predicted molar refractivity (Wildman–Crippen MR) is 335 cm³/mol. The van der Waals surface area contributed by atoms with E-state index in [0.29, 0.717) is 71.4 Å². The van der Waals surface area contributed by atoms with Crippen LogP contribution in [0.3, 0.4) is 0 Å². The summed E-state index contributed by atoms with van der Waals surface area (Å²) in [5, 5.41) is 29.7. The summed E-state index contributed by atoms with van der Waals surface area (Å²) in [6.45, 7) is 22.6. The number of aliphatic imine (C=N–C) groups is 2. The van der Waals surface area contributed by atoms with Gasteiger partial charge in [0.25, 0.3) is 0 Å². The van der Waals surface area contributed by atoms with Crippen LogP contribution in [-0.4, -0.2) is 47.7 Å². The number of nitrogens with one attached hydrogen (secondary N) is 2. The average molecular weight is 1350 g/mol. The van der Waals surface area contributed by atoms with Gasteiger partial charge in [0.1, 0.15) is 11.5 Å². The van der Waals surface area contributed by atoms with Crippen LogP contribution in [0.15, 0.2) is 46.4 Å². The molecule has 0 spiro atoms. The Hall–Kier alpha value is -4.21. The van der Waals surface area contributed by atoms with E-state index in [0.717, 1.165) is 101 Å². The fourth-order valence-electron chi connectivity index (χ4n) is 9.56. The molecule has 0 heterocycles. The maximum atomic E-state index is 13.3. The van der Waals surface area contributed by atoms with Gasteiger partial charge in [0, 0.05) is 48.5 Å². The molecule has 81 heavy (non-hydrogen) atoms. The Morgan fingerprint density at radius 2 is 0.716 bits per heavy atom. The van der Waals surface area contributed by atoms with Gasteiger partial charge in [-0.1, -0.05) is 236 Å². The zero-order valence-electron chi connectivity index (χ0n) is 52.4. The molecule has 0 radical (unpaired) electrons. The Morgan fingerprint density at radius 1 is 0.444 bits per heavy atom. The fourth-order valence-corrected chi connectivity index (χ4v) is 9.56. The average Bonchev–Trinajstić information content (AvgIpc) is 3.42. The number of phenolic OH excluding ortho intramolecular Hbond substituents is 2.